The summed E-state index contributed by atoms with van der Waals surface area (Å²) in [5.41, 5.74) is -7.29. The molecule has 3 N–H and O–H groups in total. The van der Waals surface area contributed by atoms with Gasteiger partial charge in [-0.2, -0.15) is 18.3 Å². The first-order chi connectivity index (χ1) is 19.6. The third kappa shape index (κ3) is 6.15. The number of nitrogens with one attached hydrogen (secondary N) is 1. The maximum atomic E-state index is 13.2. The Morgan fingerprint density at radius 3 is 2.65 bits per heavy atom. The van der Waals surface area contributed by atoms with Crippen molar-refractivity contribution in [1.82, 2.24) is 19.7 Å². The van der Waals surface area contributed by atoms with E-state index in [0.29, 0.717) is 11.5 Å². The summed E-state index contributed by atoms with van der Waals surface area (Å²) in [6.45, 7) is -3.60. The summed E-state index contributed by atoms with van der Waals surface area (Å²) in [5.74, 6) is -1.41. The van der Waals surface area contributed by atoms with Gasteiger partial charge in [0, 0.05) is 49.4 Å². The van der Waals surface area contributed by atoms with Crippen molar-refractivity contribution in [1.29, 1.82) is 0 Å². The molecule has 0 aliphatic heterocycles. The van der Waals surface area contributed by atoms with Crippen molar-refractivity contribution in [3.8, 4) is 11.5 Å². The van der Waals surface area contributed by atoms with Crippen LogP contribution in [0.1, 0.15) is 63.9 Å². The fourth-order valence-corrected chi connectivity index (χ4v) is 3.44. The number of oxazole rings is 1. The lowest BCUT2D eigenvalue weighted by molar-refractivity contribution is -0.141. The number of carbonyl (C=O) groups excluding carboxylic acids is 1. The van der Waals surface area contributed by atoms with E-state index in [-0.39, 0.29) is 29.9 Å². The Kier molecular flexibility index (Phi) is 4.85. The van der Waals surface area contributed by atoms with Crippen molar-refractivity contribution >= 4 is 22.5 Å². The Balaban J connectivity index is 1.77. The van der Waals surface area contributed by atoms with Gasteiger partial charge in [0.05, 0.1) is 16.7 Å². The van der Waals surface area contributed by atoms with Gasteiger partial charge in [0.25, 0.3) is 5.91 Å². The highest BCUT2D eigenvalue weighted by molar-refractivity contribution is 6.04. The monoisotopic (exact) mass is 523 g/mol. The standard InChI is InChI=1S/C25H26F3N5O4/c1-23(2,35)6-8-33-12-15-9-18(16(24(3,4)36)11-17(15)32-33)30-21(34)19-13-37-22(31-19)14-5-7-29-20(10-14)25(26,27)28/h5,7,9-13,35-36H,6,8H2,1-4H3,(H,30,34)/i3D3,4D3. The van der Waals surface area contributed by atoms with Crippen molar-refractivity contribution in [2.45, 2.75) is 57.9 Å². The van der Waals surface area contributed by atoms with E-state index in [4.69, 9.17) is 12.6 Å². The van der Waals surface area contributed by atoms with Crippen LogP contribution in [0.15, 0.2) is 47.3 Å². The fraction of sp³-hybridized carbons (Fsp3) is 0.360. The van der Waals surface area contributed by atoms with Crippen molar-refractivity contribution < 1.29 is 40.8 Å². The number of hydrogen-bond acceptors (Lipinski definition) is 7. The lowest BCUT2D eigenvalue weighted by atomic mass is 9.95. The van der Waals surface area contributed by atoms with Crippen LogP contribution < -0.4 is 5.32 Å². The predicted octanol–water partition coefficient (Wildman–Crippen LogP) is 4.75. The van der Waals surface area contributed by atoms with Gasteiger partial charge < -0.3 is 19.9 Å². The normalized spacial score (nSPS) is 15.9. The second kappa shape index (κ2) is 9.27. The Labute approximate surface area is 218 Å². The molecule has 0 bridgehead atoms. The molecule has 196 valence electrons. The summed E-state index contributed by atoms with van der Waals surface area (Å²) in [7, 11) is 0. The minimum absolute atomic E-state index is 0.0950. The quantitative estimate of drug-likeness (QED) is 0.319. The molecule has 0 fully saturated rings. The Hall–Kier alpha value is -3.77. The van der Waals surface area contributed by atoms with Crippen molar-refractivity contribution in [2.24, 2.45) is 0 Å². The number of halogens is 3. The number of alkyl halides is 3. The van der Waals surface area contributed by atoms with Crippen molar-refractivity contribution in [3.05, 3.63) is 59.9 Å². The molecule has 0 saturated heterocycles. The molecule has 3 heterocycles. The van der Waals surface area contributed by atoms with Gasteiger partial charge in [0.1, 0.15) is 12.0 Å². The first-order valence-electron chi connectivity index (χ1n) is 13.9. The number of pyridine rings is 1. The second-order valence-corrected chi connectivity index (χ2v) is 9.04. The molecule has 0 radical (unpaired) electrons. The molecule has 3 aromatic heterocycles. The highest BCUT2D eigenvalue weighted by Crippen LogP contribution is 2.33. The van der Waals surface area contributed by atoms with E-state index in [1.807, 2.05) is 0 Å². The van der Waals surface area contributed by atoms with Crippen molar-refractivity contribution in [2.75, 3.05) is 5.32 Å². The molecule has 37 heavy (non-hydrogen) atoms. The van der Waals surface area contributed by atoms with Gasteiger partial charge in [-0.05, 0) is 58.2 Å². The molecule has 0 saturated carbocycles. The van der Waals surface area contributed by atoms with E-state index in [9.17, 15) is 28.2 Å². The number of rotatable bonds is 7. The van der Waals surface area contributed by atoms with Gasteiger partial charge in [-0.15, -0.1) is 0 Å². The van der Waals surface area contributed by atoms with Gasteiger partial charge in [0.2, 0.25) is 5.89 Å². The van der Waals surface area contributed by atoms with Crippen LogP contribution in [0.4, 0.5) is 18.9 Å². The summed E-state index contributed by atoms with van der Waals surface area (Å²) in [5, 5.41) is 28.3. The van der Waals surface area contributed by atoms with Crippen LogP contribution in [0.2, 0.25) is 0 Å². The summed E-state index contributed by atoms with van der Waals surface area (Å²) in [4.78, 5) is 20.3. The largest absolute Gasteiger partial charge is 0.444 e. The van der Waals surface area contributed by atoms with E-state index in [1.165, 1.54) is 23.0 Å². The number of fused-ring (bicyclic) bond motifs is 1. The lowest BCUT2D eigenvalue weighted by Crippen LogP contribution is -2.21. The molecule has 4 aromatic rings. The van der Waals surface area contributed by atoms with Crippen LogP contribution in [0.25, 0.3) is 22.4 Å². The van der Waals surface area contributed by atoms with Gasteiger partial charge in [-0.1, -0.05) is 0 Å². The molecule has 1 aromatic carbocycles. The molecule has 0 spiro atoms. The van der Waals surface area contributed by atoms with E-state index >= 15 is 0 Å². The SMILES string of the molecule is [2H]C([2H])([2H])C(O)(c1cc2nn(CCC(C)(C)O)cc2cc1NC(=O)c1coc(-c2ccnc(C(F)(F)F)c2)n1)C([2H])([2H])[2H]. The van der Waals surface area contributed by atoms with Crippen LogP contribution in [-0.2, 0) is 18.3 Å². The number of aromatic nitrogens is 4. The maximum absolute atomic E-state index is 13.2. The number of benzene rings is 1. The number of nitrogens with zero attached hydrogens (tertiary/aromatic N) is 4. The van der Waals surface area contributed by atoms with Gasteiger partial charge in [0.15, 0.2) is 5.69 Å². The maximum Gasteiger partial charge on any atom is 0.433 e. The molecule has 9 nitrogen and oxygen atoms in total. The molecule has 0 aliphatic carbocycles. The molecular formula is C25H26F3N5O4. The number of hydrogen-bond donors (Lipinski definition) is 3. The molecule has 0 unspecified atom stereocenters. The third-order valence-electron chi connectivity index (χ3n) is 5.32. The van der Waals surface area contributed by atoms with Gasteiger partial charge in [-0.25, -0.2) is 4.98 Å². The average molecular weight is 524 g/mol. The van der Waals surface area contributed by atoms with Crippen LogP contribution in [0.5, 0.6) is 0 Å². The van der Waals surface area contributed by atoms with E-state index in [0.717, 1.165) is 18.5 Å². The van der Waals surface area contributed by atoms with Crippen LogP contribution in [-0.4, -0.2) is 41.5 Å². The highest BCUT2D eigenvalue weighted by Gasteiger charge is 2.33. The van der Waals surface area contributed by atoms with Gasteiger partial charge >= 0.3 is 6.18 Å². The zero-order valence-corrected chi connectivity index (χ0v) is 19.6. The number of carbonyl (C=O) groups is 1. The fourth-order valence-electron chi connectivity index (χ4n) is 3.44. The highest BCUT2D eigenvalue weighted by atomic mass is 19.4. The summed E-state index contributed by atoms with van der Waals surface area (Å²) in [6.07, 6.45) is -1.23. The topological polar surface area (TPSA) is 126 Å². The third-order valence-corrected chi connectivity index (χ3v) is 5.32. The van der Waals surface area contributed by atoms with E-state index < -0.39 is 59.6 Å². The number of aliphatic hydroxyl groups is 2. The summed E-state index contributed by atoms with van der Waals surface area (Å²) >= 11 is 0. The smallest absolute Gasteiger partial charge is 0.433 e. The number of aryl methyl sites for hydroxylation is 1. The van der Waals surface area contributed by atoms with Crippen LogP contribution >= 0.6 is 0 Å². The van der Waals surface area contributed by atoms with Gasteiger partial charge in [-0.3, -0.25) is 14.5 Å². The predicted molar refractivity (Wildman–Crippen MR) is 129 cm³/mol. The minimum atomic E-state index is -4.75. The molecule has 12 heteroatoms. The Morgan fingerprint density at radius 2 is 1.97 bits per heavy atom. The molecule has 1 amide bonds. The molecule has 0 atom stereocenters. The number of amides is 1. The molecule has 4 rings (SSSR count). The Bertz CT molecular complexity index is 1640. The minimum Gasteiger partial charge on any atom is -0.444 e. The van der Waals surface area contributed by atoms with Crippen LogP contribution in [0, 0.1) is 0 Å². The molecule has 0 aliphatic rings. The number of anilines is 1. The first-order valence-corrected chi connectivity index (χ1v) is 10.9. The zero-order chi connectivity index (χ0) is 32.2. The van der Waals surface area contributed by atoms with E-state index in [2.05, 4.69) is 20.4 Å². The van der Waals surface area contributed by atoms with Crippen LogP contribution in [0.3, 0.4) is 0 Å². The Morgan fingerprint density at radius 1 is 1.22 bits per heavy atom. The molecular weight excluding hydrogens is 491 g/mol. The zero-order valence-electron chi connectivity index (χ0n) is 25.6. The van der Waals surface area contributed by atoms with Crippen molar-refractivity contribution in [3.63, 3.8) is 0 Å². The second-order valence-electron chi connectivity index (χ2n) is 9.04. The first kappa shape index (κ1) is 19.4. The summed E-state index contributed by atoms with van der Waals surface area (Å²) < 4.78 is 93.1. The van der Waals surface area contributed by atoms with E-state index in [1.54, 1.807) is 13.8 Å². The summed E-state index contributed by atoms with van der Waals surface area (Å²) in [6, 6.07) is 4.10. The average Bonchev–Trinajstić information content (AvgIpc) is 3.51. The lowest BCUT2D eigenvalue weighted by Gasteiger charge is -2.21.